The molecule has 164 valence electrons. The number of Topliss-reactive ketones (excluding diaryl/α,β-unsaturated/α-hetero) is 1. The van der Waals surface area contributed by atoms with E-state index in [1.165, 1.54) is 12.8 Å². The summed E-state index contributed by atoms with van der Waals surface area (Å²) >= 11 is 0. The van der Waals surface area contributed by atoms with Gasteiger partial charge >= 0.3 is 5.97 Å². The van der Waals surface area contributed by atoms with Crippen LogP contribution in [0, 0.1) is 0 Å². The van der Waals surface area contributed by atoms with Crippen LogP contribution in [0.15, 0.2) is 12.2 Å². The predicted octanol–water partition coefficient (Wildman–Crippen LogP) is 2.31. The lowest BCUT2D eigenvalue weighted by Gasteiger charge is -2.30. The Morgan fingerprint density at radius 2 is 1.54 bits per heavy atom. The fourth-order valence-electron chi connectivity index (χ4n) is 2.93. The van der Waals surface area contributed by atoms with E-state index in [0.29, 0.717) is 18.6 Å². The van der Waals surface area contributed by atoms with Crippen molar-refractivity contribution in [1.29, 1.82) is 0 Å². The third kappa shape index (κ3) is 10.9. The lowest BCUT2D eigenvalue weighted by Crippen LogP contribution is -2.63. The SMILES string of the molecule is CCCCCCC(=O)CCCCCC/C=C/C[C@H](O)[C@@H](O)[C@](N)(CO)C(=O)O. The van der Waals surface area contributed by atoms with Crippen molar-refractivity contribution in [2.45, 2.75) is 102 Å². The summed E-state index contributed by atoms with van der Waals surface area (Å²) in [6.07, 6.45) is 11.1. The molecule has 0 aliphatic carbocycles. The highest BCUT2D eigenvalue weighted by molar-refractivity contribution is 5.79. The standard InChI is InChI=1S/C21H39NO6/c1-2-3-4-10-13-17(24)14-11-8-6-5-7-9-12-15-18(25)19(26)21(22,16-23)20(27)28/h9,12,18-19,23,25-26H,2-8,10-11,13-16,22H2,1H3,(H,27,28)/b12-9+/t18-,19+,21+/m0/s1. The number of ketones is 1. The second-order valence-electron chi connectivity index (χ2n) is 7.53. The van der Waals surface area contributed by atoms with E-state index in [2.05, 4.69) is 6.92 Å². The van der Waals surface area contributed by atoms with Gasteiger partial charge in [-0.15, -0.1) is 0 Å². The summed E-state index contributed by atoms with van der Waals surface area (Å²) in [5.41, 5.74) is 3.16. The van der Waals surface area contributed by atoms with Gasteiger partial charge in [0.1, 0.15) is 11.9 Å². The van der Waals surface area contributed by atoms with E-state index in [1.807, 2.05) is 6.08 Å². The molecule has 3 atom stereocenters. The molecule has 0 fully saturated rings. The van der Waals surface area contributed by atoms with Crippen molar-refractivity contribution >= 4 is 11.8 Å². The number of allylic oxidation sites excluding steroid dienone is 1. The van der Waals surface area contributed by atoms with Gasteiger partial charge in [-0.05, 0) is 32.1 Å². The molecular formula is C21H39NO6. The zero-order valence-corrected chi connectivity index (χ0v) is 17.2. The molecule has 28 heavy (non-hydrogen) atoms. The van der Waals surface area contributed by atoms with Gasteiger partial charge in [0.15, 0.2) is 5.54 Å². The van der Waals surface area contributed by atoms with Crippen molar-refractivity contribution in [3.63, 3.8) is 0 Å². The number of hydrogen-bond acceptors (Lipinski definition) is 6. The molecule has 0 aromatic rings. The van der Waals surface area contributed by atoms with E-state index < -0.39 is 30.3 Å². The summed E-state index contributed by atoms with van der Waals surface area (Å²) in [6, 6.07) is 0. The summed E-state index contributed by atoms with van der Waals surface area (Å²) in [5.74, 6) is -1.20. The summed E-state index contributed by atoms with van der Waals surface area (Å²) in [6.45, 7) is 1.19. The van der Waals surface area contributed by atoms with Crippen LogP contribution in [0.2, 0.25) is 0 Å². The molecule has 0 rings (SSSR count). The lowest BCUT2D eigenvalue weighted by molar-refractivity contribution is -0.155. The second kappa shape index (κ2) is 15.6. The second-order valence-corrected chi connectivity index (χ2v) is 7.53. The minimum absolute atomic E-state index is 0.0555. The van der Waals surface area contributed by atoms with Gasteiger partial charge in [-0.3, -0.25) is 9.59 Å². The number of nitrogens with two attached hydrogens (primary N) is 1. The number of aliphatic hydroxyl groups excluding tert-OH is 3. The quantitative estimate of drug-likeness (QED) is 0.175. The molecule has 0 saturated heterocycles. The van der Waals surface area contributed by atoms with Crippen molar-refractivity contribution in [3.05, 3.63) is 12.2 Å². The molecule has 0 heterocycles. The average Bonchev–Trinajstić information content (AvgIpc) is 2.68. The number of carboxylic acids is 1. The molecule has 0 aliphatic rings. The number of unbranched alkanes of at least 4 members (excludes halogenated alkanes) is 7. The summed E-state index contributed by atoms with van der Waals surface area (Å²) in [7, 11) is 0. The minimum atomic E-state index is -2.28. The normalized spacial score (nSPS) is 16.0. The van der Waals surface area contributed by atoms with Crippen LogP contribution in [0.25, 0.3) is 0 Å². The van der Waals surface area contributed by atoms with Crippen molar-refractivity contribution in [3.8, 4) is 0 Å². The first-order chi connectivity index (χ1) is 13.3. The van der Waals surface area contributed by atoms with Crippen molar-refractivity contribution < 1.29 is 30.0 Å². The molecule has 0 bridgehead atoms. The van der Waals surface area contributed by atoms with Crippen molar-refractivity contribution in [2.75, 3.05) is 6.61 Å². The highest BCUT2D eigenvalue weighted by atomic mass is 16.4. The molecule has 0 aromatic carbocycles. The zero-order chi connectivity index (χ0) is 21.4. The zero-order valence-electron chi connectivity index (χ0n) is 17.2. The van der Waals surface area contributed by atoms with Crippen molar-refractivity contribution in [1.82, 2.24) is 0 Å². The Bertz CT molecular complexity index is 468. The molecule has 0 unspecified atom stereocenters. The third-order valence-corrected chi connectivity index (χ3v) is 4.98. The molecule has 0 saturated carbocycles. The van der Waals surface area contributed by atoms with Crippen molar-refractivity contribution in [2.24, 2.45) is 5.73 Å². The van der Waals surface area contributed by atoms with Gasteiger partial charge in [-0.1, -0.05) is 51.2 Å². The number of carbonyl (C=O) groups is 2. The average molecular weight is 402 g/mol. The largest absolute Gasteiger partial charge is 0.480 e. The van der Waals surface area contributed by atoms with Crippen LogP contribution >= 0.6 is 0 Å². The molecule has 7 nitrogen and oxygen atoms in total. The van der Waals surface area contributed by atoms with Crippen LogP contribution in [0.4, 0.5) is 0 Å². The maximum atomic E-state index is 11.7. The van der Waals surface area contributed by atoms with E-state index in [-0.39, 0.29) is 6.42 Å². The van der Waals surface area contributed by atoms with Gasteiger partial charge in [-0.2, -0.15) is 0 Å². The number of aliphatic carboxylic acids is 1. The van der Waals surface area contributed by atoms with Gasteiger partial charge in [0.2, 0.25) is 0 Å². The van der Waals surface area contributed by atoms with Crippen LogP contribution < -0.4 is 5.73 Å². The Morgan fingerprint density at radius 1 is 0.964 bits per heavy atom. The summed E-state index contributed by atoms with van der Waals surface area (Å²) in [4.78, 5) is 22.7. The van der Waals surface area contributed by atoms with Gasteiger partial charge < -0.3 is 26.2 Å². The van der Waals surface area contributed by atoms with Gasteiger partial charge in [-0.25, -0.2) is 0 Å². The molecular weight excluding hydrogens is 362 g/mol. The fourth-order valence-corrected chi connectivity index (χ4v) is 2.93. The molecule has 0 aromatic heterocycles. The Morgan fingerprint density at radius 3 is 2.07 bits per heavy atom. The Labute approximate surface area is 168 Å². The van der Waals surface area contributed by atoms with E-state index in [9.17, 15) is 19.8 Å². The Kier molecular flexibility index (Phi) is 14.9. The molecule has 6 N–H and O–H groups in total. The Hall–Kier alpha value is -1.28. The first-order valence-electron chi connectivity index (χ1n) is 10.5. The third-order valence-electron chi connectivity index (χ3n) is 4.98. The van der Waals surface area contributed by atoms with Crippen LogP contribution in [0.1, 0.15) is 84.0 Å². The molecule has 0 aliphatic heterocycles. The summed E-state index contributed by atoms with van der Waals surface area (Å²) in [5, 5.41) is 37.8. The first kappa shape index (κ1) is 26.7. The fraction of sp³-hybridized carbons (Fsp3) is 0.810. The van der Waals surface area contributed by atoms with Crippen LogP contribution in [-0.2, 0) is 9.59 Å². The number of aliphatic hydroxyl groups is 3. The van der Waals surface area contributed by atoms with Crippen LogP contribution in [-0.4, -0.2) is 56.5 Å². The van der Waals surface area contributed by atoms with Gasteiger partial charge in [0.25, 0.3) is 0 Å². The van der Waals surface area contributed by atoms with Gasteiger partial charge in [0.05, 0.1) is 12.7 Å². The molecule has 0 amide bonds. The molecule has 0 spiro atoms. The van der Waals surface area contributed by atoms with E-state index >= 15 is 0 Å². The smallest absolute Gasteiger partial charge is 0.328 e. The van der Waals surface area contributed by atoms with Crippen LogP contribution in [0.3, 0.4) is 0 Å². The van der Waals surface area contributed by atoms with E-state index in [4.69, 9.17) is 15.9 Å². The van der Waals surface area contributed by atoms with E-state index in [1.54, 1.807) is 6.08 Å². The first-order valence-corrected chi connectivity index (χ1v) is 10.5. The Balaban J connectivity index is 3.80. The summed E-state index contributed by atoms with van der Waals surface area (Å²) < 4.78 is 0. The van der Waals surface area contributed by atoms with Gasteiger partial charge in [0, 0.05) is 12.8 Å². The van der Waals surface area contributed by atoms with Crippen LogP contribution in [0.5, 0.6) is 0 Å². The minimum Gasteiger partial charge on any atom is -0.480 e. The topological polar surface area (TPSA) is 141 Å². The monoisotopic (exact) mass is 401 g/mol. The molecule has 7 heteroatoms. The molecule has 0 radical (unpaired) electrons. The lowest BCUT2D eigenvalue weighted by atomic mass is 9.89. The number of carboxylic acid groups (broad SMARTS) is 1. The number of rotatable bonds is 18. The maximum Gasteiger partial charge on any atom is 0.328 e. The van der Waals surface area contributed by atoms with E-state index in [0.717, 1.165) is 44.9 Å². The number of carbonyl (C=O) groups excluding carboxylic acids is 1. The highest BCUT2D eigenvalue weighted by Gasteiger charge is 2.44. The maximum absolute atomic E-state index is 11.7. The predicted molar refractivity (Wildman–Crippen MR) is 109 cm³/mol. The number of hydrogen-bond donors (Lipinski definition) is 5. The highest BCUT2D eigenvalue weighted by Crippen LogP contribution is 2.15.